The summed E-state index contributed by atoms with van der Waals surface area (Å²) >= 11 is 0. The van der Waals surface area contributed by atoms with Crippen molar-refractivity contribution in [3.8, 4) is 0 Å². The summed E-state index contributed by atoms with van der Waals surface area (Å²) in [6, 6.07) is 6.83. The molecule has 1 aromatic heterocycles. The van der Waals surface area contributed by atoms with Crippen LogP contribution in [0.15, 0.2) is 24.5 Å². The minimum Gasteiger partial charge on any atom is -0.393 e. The van der Waals surface area contributed by atoms with Crippen molar-refractivity contribution in [2.24, 2.45) is 0 Å². The zero-order chi connectivity index (χ0) is 17.1. The van der Waals surface area contributed by atoms with E-state index in [1.807, 2.05) is 0 Å². The van der Waals surface area contributed by atoms with Crippen LogP contribution >= 0.6 is 0 Å². The first-order chi connectivity index (χ1) is 11.6. The van der Waals surface area contributed by atoms with Crippen molar-refractivity contribution in [2.45, 2.75) is 52.5 Å². The van der Waals surface area contributed by atoms with Crippen molar-refractivity contribution in [3.05, 3.63) is 35.7 Å². The van der Waals surface area contributed by atoms with E-state index in [0.29, 0.717) is 17.5 Å². The van der Waals surface area contributed by atoms with Gasteiger partial charge in [0.1, 0.15) is 12.0 Å². The molecule has 0 spiro atoms. The molecule has 1 saturated heterocycles. The van der Waals surface area contributed by atoms with Crippen molar-refractivity contribution in [2.75, 3.05) is 22.5 Å². The smallest absolute Gasteiger partial charge is 0.159 e. The number of hydrogen-bond acceptors (Lipinski definition) is 5. The lowest BCUT2D eigenvalue weighted by Crippen LogP contribution is -2.40. The van der Waals surface area contributed by atoms with Crippen LogP contribution in [0.5, 0.6) is 0 Å². The fourth-order valence-electron chi connectivity index (χ4n) is 3.50. The molecule has 1 fully saturated rings. The van der Waals surface area contributed by atoms with Crippen LogP contribution in [0.1, 0.15) is 43.7 Å². The maximum Gasteiger partial charge on any atom is 0.159 e. The van der Waals surface area contributed by atoms with Gasteiger partial charge in [0, 0.05) is 18.3 Å². The Bertz CT molecular complexity index is 713. The fraction of sp³-hybridized carbons (Fsp3) is 0.474. The third-order valence-electron chi connectivity index (χ3n) is 4.87. The van der Waals surface area contributed by atoms with Gasteiger partial charge in [-0.25, -0.2) is 9.97 Å². The van der Waals surface area contributed by atoms with E-state index in [0.717, 1.165) is 24.5 Å². The topological polar surface area (TPSA) is 67.1 Å². The monoisotopic (exact) mass is 325 g/mol. The van der Waals surface area contributed by atoms with Crippen LogP contribution < -0.4 is 16.0 Å². The number of anilines is 4. The van der Waals surface area contributed by atoms with Crippen LogP contribution in [0.4, 0.5) is 23.0 Å². The second-order valence-electron chi connectivity index (χ2n) is 6.65. The lowest BCUT2D eigenvalue weighted by Gasteiger charge is -2.36. The molecular formula is C19H27N5. The molecule has 1 aromatic carbocycles. The molecule has 1 unspecified atom stereocenters. The Hall–Kier alpha value is -2.30. The quantitative estimate of drug-likeness (QED) is 0.882. The van der Waals surface area contributed by atoms with Gasteiger partial charge in [-0.05, 0) is 51.2 Å². The molecule has 0 bridgehead atoms. The maximum atomic E-state index is 6.43. The van der Waals surface area contributed by atoms with Crippen molar-refractivity contribution < 1.29 is 0 Å². The van der Waals surface area contributed by atoms with Crippen LogP contribution in [-0.2, 0) is 0 Å². The number of nitrogens with zero attached hydrogens (tertiary/aromatic N) is 3. The number of nitrogen functional groups attached to an aromatic ring is 1. The first-order valence-electron chi connectivity index (χ1n) is 8.81. The van der Waals surface area contributed by atoms with Crippen molar-refractivity contribution in [1.82, 2.24) is 9.97 Å². The number of rotatable bonds is 4. The molecule has 0 saturated carbocycles. The number of aryl methyl sites for hydroxylation is 2. The number of piperidine rings is 1. The summed E-state index contributed by atoms with van der Waals surface area (Å²) in [7, 11) is 0. The van der Waals surface area contributed by atoms with E-state index in [4.69, 9.17) is 5.73 Å². The van der Waals surface area contributed by atoms with Crippen LogP contribution in [0.25, 0.3) is 0 Å². The average molecular weight is 325 g/mol. The van der Waals surface area contributed by atoms with E-state index in [2.05, 4.69) is 59.2 Å². The van der Waals surface area contributed by atoms with Crippen molar-refractivity contribution in [1.29, 1.82) is 0 Å². The van der Waals surface area contributed by atoms with Gasteiger partial charge in [0.25, 0.3) is 0 Å². The molecule has 5 heteroatoms. The van der Waals surface area contributed by atoms with E-state index in [-0.39, 0.29) is 0 Å². The van der Waals surface area contributed by atoms with E-state index >= 15 is 0 Å². The Morgan fingerprint density at radius 3 is 2.83 bits per heavy atom. The van der Waals surface area contributed by atoms with Gasteiger partial charge in [-0.1, -0.05) is 24.6 Å². The minimum absolute atomic E-state index is 0.518. The molecule has 1 atom stereocenters. The number of benzene rings is 1. The lowest BCUT2D eigenvalue weighted by molar-refractivity contribution is 0.447. The van der Waals surface area contributed by atoms with E-state index in [9.17, 15) is 0 Å². The van der Waals surface area contributed by atoms with E-state index < -0.39 is 0 Å². The minimum atomic E-state index is 0.518. The molecule has 2 heterocycles. The van der Waals surface area contributed by atoms with Gasteiger partial charge in [0.2, 0.25) is 0 Å². The van der Waals surface area contributed by atoms with Crippen LogP contribution in [0, 0.1) is 13.8 Å². The van der Waals surface area contributed by atoms with Gasteiger partial charge in [-0.15, -0.1) is 0 Å². The summed E-state index contributed by atoms with van der Waals surface area (Å²) < 4.78 is 0. The first-order valence-corrected chi connectivity index (χ1v) is 8.81. The molecule has 0 amide bonds. The highest BCUT2D eigenvalue weighted by Crippen LogP contribution is 2.33. The number of nitrogens with two attached hydrogens (primary N) is 1. The molecule has 5 nitrogen and oxygen atoms in total. The molecule has 1 aliphatic rings. The Balaban J connectivity index is 1.90. The van der Waals surface area contributed by atoms with Gasteiger partial charge < -0.3 is 16.0 Å². The highest BCUT2D eigenvalue weighted by molar-refractivity contribution is 5.79. The Kier molecular flexibility index (Phi) is 4.88. The van der Waals surface area contributed by atoms with Gasteiger partial charge in [0.15, 0.2) is 11.6 Å². The van der Waals surface area contributed by atoms with Crippen LogP contribution in [0.2, 0.25) is 0 Å². The van der Waals surface area contributed by atoms with E-state index in [1.165, 1.54) is 30.4 Å². The molecule has 1 aliphatic heterocycles. The third-order valence-corrected chi connectivity index (χ3v) is 4.87. The zero-order valence-electron chi connectivity index (χ0n) is 14.8. The number of nitrogens with one attached hydrogen (secondary N) is 1. The van der Waals surface area contributed by atoms with Crippen molar-refractivity contribution in [3.63, 3.8) is 0 Å². The molecule has 3 rings (SSSR count). The lowest BCUT2D eigenvalue weighted by atomic mass is 10.00. The number of aromatic nitrogens is 2. The summed E-state index contributed by atoms with van der Waals surface area (Å²) in [5, 5.41) is 3.38. The Labute approximate surface area is 144 Å². The molecule has 24 heavy (non-hydrogen) atoms. The molecule has 0 aliphatic carbocycles. The predicted molar refractivity (Wildman–Crippen MR) is 101 cm³/mol. The predicted octanol–water partition coefficient (Wildman–Crippen LogP) is 4.19. The molecule has 0 radical (unpaired) electrons. The summed E-state index contributed by atoms with van der Waals surface area (Å²) in [4.78, 5) is 11.2. The largest absolute Gasteiger partial charge is 0.393 e. The normalized spacial score (nSPS) is 17.8. The second-order valence-corrected chi connectivity index (χ2v) is 6.65. The average Bonchev–Trinajstić information content (AvgIpc) is 2.59. The summed E-state index contributed by atoms with van der Waals surface area (Å²) in [6.07, 6.45) is 6.41. The van der Waals surface area contributed by atoms with Crippen LogP contribution in [0.3, 0.4) is 0 Å². The van der Waals surface area contributed by atoms with Gasteiger partial charge in [-0.3, -0.25) is 0 Å². The van der Waals surface area contributed by atoms with Crippen molar-refractivity contribution >= 4 is 23.0 Å². The summed E-state index contributed by atoms with van der Waals surface area (Å²) in [5.41, 5.74) is 10.5. The standard InChI is InChI=1S/C19H27N5/c1-4-15-7-5-6-10-24(15)19-17(20)18(21-12-22-19)23-16-9-8-13(2)11-14(16)3/h8-9,11-12,15H,4-7,10,20H2,1-3H3,(H,21,22,23). The number of hydrogen-bond donors (Lipinski definition) is 2. The third kappa shape index (κ3) is 3.30. The molecular weight excluding hydrogens is 298 g/mol. The maximum absolute atomic E-state index is 6.43. The second kappa shape index (κ2) is 7.07. The zero-order valence-corrected chi connectivity index (χ0v) is 14.8. The summed E-state index contributed by atoms with van der Waals surface area (Å²) in [6.45, 7) is 7.43. The van der Waals surface area contributed by atoms with E-state index in [1.54, 1.807) is 6.33 Å². The Morgan fingerprint density at radius 1 is 1.25 bits per heavy atom. The van der Waals surface area contributed by atoms with Crippen LogP contribution in [-0.4, -0.2) is 22.6 Å². The fourth-order valence-corrected chi connectivity index (χ4v) is 3.50. The molecule has 2 aromatic rings. The molecule has 128 valence electrons. The Morgan fingerprint density at radius 2 is 2.08 bits per heavy atom. The summed E-state index contributed by atoms with van der Waals surface area (Å²) in [5.74, 6) is 1.55. The first kappa shape index (κ1) is 16.6. The molecule has 3 N–H and O–H groups in total. The SMILES string of the molecule is CCC1CCCCN1c1ncnc(Nc2ccc(C)cc2C)c1N. The highest BCUT2D eigenvalue weighted by Gasteiger charge is 2.25. The van der Waals surface area contributed by atoms with Gasteiger partial charge >= 0.3 is 0 Å². The highest BCUT2D eigenvalue weighted by atomic mass is 15.2. The van der Waals surface area contributed by atoms with Gasteiger partial charge in [0.05, 0.1) is 0 Å². The van der Waals surface area contributed by atoms with Gasteiger partial charge in [-0.2, -0.15) is 0 Å².